The first-order valence-corrected chi connectivity index (χ1v) is 6.08. The lowest BCUT2D eigenvalue weighted by Crippen LogP contribution is -2.04. The van der Waals surface area contributed by atoms with Gasteiger partial charge in [-0.15, -0.1) is 0 Å². The number of nitrogens with two attached hydrogens (primary N) is 1. The molecule has 1 aromatic carbocycles. The molecule has 0 bridgehead atoms. The van der Waals surface area contributed by atoms with Crippen molar-refractivity contribution in [2.24, 2.45) is 0 Å². The van der Waals surface area contributed by atoms with E-state index in [0.29, 0.717) is 22.3 Å². The second-order valence-electron chi connectivity index (χ2n) is 4.32. The van der Waals surface area contributed by atoms with E-state index in [1.807, 2.05) is 16.7 Å². The highest BCUT2D eigenvalue weighted by Gasteiger charge is 2.15. The number of aromatic nitrogens is 2. The van der Waals surface area contributed by atoms with Gasteiger partial charge in [0, 0.05) is 16.6 Å². The highest BCUT2D eigenvalue weighted by molar-refractivity contribution is 6.31. The summed E-state index contributed by atoms with van der Waals surface area (Å²) in [4.78, 5) is 4.36. The number of ether oxygens (including phenoxy) is 1. The van der Waals surface area contributed by atoms with Crippen LogP contribution in [0.2, 0.25) is 5.02 Å². The molecule has 4 nitrogen and oxygen atoms in total. The third kappa shape index (κ3) is 2.16. The van der Waals surface area contributed by atoms with Crippen LogP contribution in [0, 0.1) is 0 Å². The minimum atomic E-state index is 0.261. The molecule has 0 aliphatic rings. The standard InChI is InChI=1S/C13H16ClN3O/c1-8(2)17-7-16-12(13(17)15)10-6-9(14)4-5-11(10)18-3/h4-8H,15H2,1-3H3. The van der Waals surface area contributed by atoms with Gasteiger partial charge in [0.15, 0.2) is 0 Å². The highest BCUT2D eigenvalue weighted by Crippen LogP contribution is 2.35. The van der Waals surface area contributed by atoms with Gasteiger partial charge >= 0.3 is 0 Å². The number of halogens is 1. The van der Waals surface area contributed by atoms with Crippen LogP contribution in [-0.4, -0.2) is 16.7 Å². The predicted octanol–water partition coefficient (Wildman–Crippen LogP) is 3.38. The Bertz CT molecular complexity index is 563. The second kappa shape index (κ2) is 4.90. The normalized spacial score (nSPS) is 10.9. The summed E-state index contributed by atoms with van der Waals surface area (Å²) < 4.78 is 7.23. The van der Waals surface area contributed by atoms with Gasteiger partial charge in [-0.1, -0.05) is 11.6 Å². The van der Waals surface area contributed by atoms with Crippen LogP contribution in [0.5, 0.6) is 5.75 Å². The van der Waals surface area contributed by atoms with Gasteiger partial charge in [-0.3, -0.25) is 0 Å². The first-order chi connectivity index (χ1) is 8.54. The number of hydrogen-bond donors (Lipinski definition) is 1. The van der Waals surface area contributed by atoms with E-state index in [-0.39, 0.29) is 6.04 Å². The maximum absolute atomic E-state index is 6.11. The number of methoxy groups -OCH3 is 1. The van der Waals surface area contributed by atoms with Crippen molar-refractivity contribution < 1.29 is 4.74 Å². The van der Waals surface area contributed by atoms with Crippen molar-refractivity contribution in [1.29, 1.82) is 0 Å². The maximum Gasteiger partial charge on any atom is 0.131 e. The van der Waals surface area contributed by atoms with Crippen molar-refractivity contribution in [2.45, 2.75) is 19.9 Å². The molecule has 0 unspecified atom stereocenters. The van der Waals surface area contributed by atoms with Crippen molar-refractivity contribution in [2.75, 3.05) is 12.8 Å². The summed E-state index contributed by atoms with van der Waals surface area (Å²) in [5.41, 5.74) is 7.62. The summed E-state index contributed by atoms with van der Waals surface area (Å²) in [6, 6.07) is 5.66. The fraction of sp³-hybridized carbons (Fsp3) is 0.308. The molecule has 0 aliphatic heterocycles. The number of anilines is 1. The summed E-state index contributed by atoms with van der Waals surface area (Å²) in [6.45, 7) is 4.11. The van der Waals surface area contributed by atoms with Crippen LogP contribution in [0.25, 0.3) is 11.3 Å². The second-order valence-corrected chi connectivity index (χ2v) is 4.76. The Morgan fingerprint density at radius 3 is 2.67 bits per heavy atom. The lowest BCUT2D eigenvalue weighted by atomic mass is 10.1. The molecule has 2 aromatic rings. The fourth-order valence-corrected chi connectivity index (χ4v) is 2.03. The zero-order chi connectivity index (χ0) is 13.3. The van der Waals surface area contributed by atoms with Crippen LogP contribution in [0.3, 0.4) is 0 Å². The molecule has 1 heterocycles. The largest absolute Gasteiger partial charge is 0.496 e. The number of rotatable bonds is 3. The van der Waals surface area contributed by atoms with E-state index >= 15 is 0 Å². The van der Waals surface area contributed by atoms with Gasteiger partial charge in [0.1, 0.15) is 17.3 Å². The van der Waals surface area contributed by atoms with Gasteiger partial charge in [-0.05, 0) is 32.0 Å². The average Bonchev–Trinajstić information content (AvgIpc) is 2.71. The summed E-state index contributed by atoms with van der Waals surface area (Å²) in [5, 5.41) is 0.629. The molecule has 0 radical (unpaired) electrons. The minimum absolute atomic E-state index is 0.261. The Hall–Kier alpha value is -1.68. The molecule has 5 heteroatoms. The molecule has 0 atom stereocenters. The quantitative estimate of drug-likeness (QED) is 0.926. The Morgan fingerprint density at radius 1 is 1.39 bits per heavy atom. The molecule has 0 amide bonds. The topological polar surface area (TPSA) is 53.1 Å². The van der Waals surface area contributed by atoms with Crippen molar-refractivity contribution in [3.8, 4) is 17.0 Å². The van der Waals surface area contributed by atoms with Crippen molar-refractivity contribution >= 4 is 17.4 Å². The number of nitrogens with zero attached hydrogens (tertiary/aromatic N) is 2. The van der Waals surface area contributed by atoms with E-state index in [2.05, 4.69) is 18.8 Å². The summed E-state index contributed by atoms with van der Waals surface area (Å²) in [6.07, 6.45) is 1.73. The summed E-state index contributed by atoms with van der Waals surface area (Å²) in [5.74, 6) is 1.32. The maximum atomic E-state index is 6.11. The molecule has 2 rings (SSSR count). The zero-order valence-corrected chi connectivity index (χ0v) is 11.4. The van der Waals surface area contributed by atoms with E-state index in [1.54, 1.807) is 19.5 Å². The highest BCUT2D eigenvalue weighted by atomic mass is 35.5. The Morgan fingerprint density at radius 2 is 2.11 bits per heavy atom. The third-order valence-corrected chi connectivity index (χ3v) is 3.04. The van der Waals surface area contributed by atoms with Gasteiger partial charge in [-0.25, -0.2) is 4.98 Å². The number of benzene rings is 1. The van der Waals surface area contributed by atoms with Crippen LogP contribution >= 0.6 is 11.6 Å². The predicted molar refractivity (Wildman–Crippen MR) is 74.0 cm³/mol. The molecule has 18 heavy (non-hydrogen) atoms. The third-order valence-electron chi connectivity index (χ3n) is 2.81. The van der Waals surface area contributed by atoms with E-state index in [9.17, 15) is 0 Å². The van der Waals surface area contributed by atoms with E-state index < -0.39 is 0 Å². The van der Waals surface area contributed by atoms with Crippen LogP contribution in [0.1, 0.15) is 19.9 Å². The first kappa shape index (κ1) is 12.8. The van der Waals surface area contributed by atoms with Crippen molar-refractivity contribution in [3.63, 3.8) is 0 Å². The SMILES string of the molecule is COc1ccc(Cl)cc1-c1ncn(C(C)C)c1N. The lowest BCUT2D eigenvalue weighted by molar-refractivity contribution is 0.416. The van der Waals surface area contributed by atoms with E-state index in [0.717, 1.165) is 5.56 Å². The Labute approximate surface area is 111 Å². The van der Waals surface area contributed by atoms with Gasteiger partial charge in [0.25, 0.3) is 0 Å². The van der Waals surface area contributed by atoms with Crippen LogP contribution < -0.4 is 10.5 Å². The van der Waals surface area contributed by atoms with E-state index in [4.69, 9.17) is 22.1 Å². The first-order valence-electron chi connectivity index (χ1n) is 5.70. The Balaban J connectivity index is 2.58. The summed E-state index contributed by atoms with van der Waals surface area (Å²) >= 11 is 6.01. The van der Waals surface area contributed by atoms with Gasteiger partial charge in [0.2, 0.25) is 0 Å². The Kier molecular flexibility index (Phi) is 3.48. The fourth-order valence-electron chi connectivity index (χ4n) is 1.85. The molecule has 2 N–H and O–H groups in total. The molecule has 96 valence electrons. The minimum Gasteiger partial charge on any atom is -0.496 e. The van der Waals surface area contributed by atoms with Crippen molar-refractivity contribution in [1.82, 2.24) is 9.55 Å². The van der Waals surface area contributed by atoms with Gasteiger partial charge < -0.3 is 15.0 Å². The molecule has 0 aliphatic carbocycles. The van der Waals surface area contributed by atoms with Gasteiger partial charge in [-0.2, -0.15) is 0 Å². The molecular weight excluding hydrogens is 250 g/mol. The lowest BCUT2D eigenvalue weighted by Gasteiger charge is -2.11. The molecular formula is C13H16ClN3O. The van der Waals surface area contributed by atoms with Crippen LogP contribution in [-0.2, 0) is 0 Å². The van der Waals surface area contributed by atoms with Crippen LogP contribution in [0.4, 0.5) is 5.82 Å². The van der Waals surface area contributed by atoms with Crippen LogP contribution in [0.15, 0.2) is 24.5 Å². The van der Waals surface area contributed by atoms with Gasteiger partial charge in [0.05, 0.1) is 13.4 Å². The number of nitrogen functional groups attached to an aromatic ring is 1. The molecule has 1 aromatic heterocycles. The van der Waals surface area contributed by atoms with Crippen molar-refractivity contribution in [3.05, 3.63) is 29.5 Å². The van der Waals surface area contributed by atoms with E-state index in [1.165, 1.54) is 0 Å². The molecule has 0 saturated heterocycles. The number of imidazole rings is 1. The molecule has 0 spiro atoms. The monoisotopic (exact) mass is 265 g/mol. The zero-order valence-electron chi connectivity index (χ0n) is 10.6. The smallest absolute Gasteiger partial charge is 0.131 e. The number of hydrogen-bond acceptors (Lipinski definition) is 3. The average molecular weight is 266 g/mol. The molecule has 0 saturated carbocycles. The summed E-state index contributed by atoms with van der Waals surface area (Å²) in [7, 11) is 1.61. The molecule has 0 fully saturated rings.